The second-order valence-corrected chi connectivity index (χ2v) is 7.60. The van der Waals surface area contributed by atoms with Gasteiger partial charge in [0, 0.05) is 31.6 Å². The fourth-order valence-electron chi connectivity index (χ4n) is 3.74. The summed E-state index contributed by atoms with van der Waals surface area (Å²) >= 11 is 0. The topological polar surface area (TPSA) is 67.9 Å². The highest BCUT2D eigenvalue weighted by atomic mass is 16.6. The van der Waals surface area contributed by atoms with Crippen LogP contribution in [0.2, 0.25) is 0 Å². The molecule has 8 nitrogen and oxygen atoms in total. The van der Waals surface area contributed by atoms with Crippen molar-refractivity contribution in [3.05, 3.63) is 23.8 Å². The standard InChI is InChI=1S/C23H37NO7/c1-25-21-2-3-22-20(4-7-31-23(22)18-21)19-24-5-8-26-10-12-28-14-16-30-17-15-29-13-11-27-9-6-24/h2-3,18,20H,4-17,19H2,1H3. The molecule has 2 heterocycles. The van der Waals surface area contributed by atoms with Gasteiger partial charge in [0.25, 0.3) is 0 Å². The summed E-state index contributed by atoms with van der Waals surface area (Å²) in [6.45, 7) is 9.36. The number of ether oxygens (including phenoxy) is 7. The summed E-state index contributed by atoms with van der Waals surface area (Å²) in [5, 5.41) is 0. The van der Waals surface area contributed by atoms with E-state index in [0.717, 1.165) is 44.2 Å². The third-order valence-electron chi connectivity index (χ3n) is 5.45. The summed E-state index contributed by atoms with van der Waals surface area (Å²) in [7, 11) is 1.68. The third-order valence-corrected chi connectivity index (χ3v) is 5.45. The number of fused-ring (bicyclic) bond motifs is 1. The molecule has 31 heavy (non-hydrogen) atoms. The van der Waals surface area contributed by atoms with Gasteiger partial charge in [0.05, 0.1) is 79.8 Å². The smallest absolute Gasteiger partial charge is 0.126 e. The molecular weight excluding hydrogens is 402 g/mol. The maximum absolute atomic E-state index is 5.88. The molecule has 0 aliphatic carbocycles. The molecule has 2 aliphatic heterocycles. The van der Waals surface area contributed by atoms with Gasteiger partial charge in [-0.05, 0) is 18.1 Å². The maximum Gasteiger partial charge on any atom is 0.126 e. The van der Waals surface area contributed by atoms with Crippen LogP contribution in [0.25, 0.3) is 0 Å². The monoisotopic (exact) mass is 439 g/mol. The average molecular weight is 440 g/mol. The number of rotatable bonds is 3. The van der Waals surface area contributed by atoms with E-state index in [9.17, 15) is 0 Å². The molecule has 1 aromatic rings. The molecule has 0 spiro atoms. The van der Waals surface area contributed by atoms with Crippen molar-refractivity contribution in [2.45, 2.75) is 12.3 Å². The van der Waals surface area contributed by atoms with Crippen molar-refractivity contribution >= 4 is 0 Å². The van der Waals surface area contributed by atoms with E-state index < -0.39 is 0 Å². The Morgan fingerprint density at radius 3 is 1.87 bits per heavy atom. The summed E-state index contributed by atoms with van der Waals surface area (Å²) in [5.74, 6) is 2.18. The van der Waals surface area contributed by atoms with Crippen LogP contribution in [0.4, 0.5) is 0 Å². The first-order valence-corrected chi connectivity index (χ1v) is 11.3. The Balaban J connectivity index is 1.52. The van der Waals surface area contributed by atoms with Gasteiger partial charge in [0.15, 0.2) is 0 Å². The molecule has 0 bridgehead atoms. The Hall–Kier alpha value is -1.42. The highest BCUT2D eigenvalue weighted by molar-refractivity contribution is 5.44. The van der Waals surface area contributed by atoms with Crippen LogP contribution in [-0.2, 0) is 23.7 Å². The van der Waals surface area contributed by atoms with Crippen molar-refractivity contribution in [3.63, 3.8) is 0 Å². The minimum Gasteiger partial charge on any atom is -0.497 e. The Morgan fingerprint density at radius 2 is 1.32 bits per heavy atom. The van der Waals surface area contributed by atoms with Crippen molar-refractivity contribution in [3.8, 4) is 11.5 Å². The lowest BCUT2D eigenvalue weighted by Gasteiger charge is -2.31. The van der Waals surface area contributed by atoms with E-state index in [1.807, 2.05) is 12.1 Å². The lowest BCUT2D eigenvalue weighted by molar-refractivity contribution is -0.0189. The molecule has 1 unspecified atom stereocenters. The van der Waals surface area contributed by atoms with Gasteiger partial charge in [0.1, 0.15) is 11.5 Å². The van der Waals surface area contributed by atoms with Crippen LogP contribution in [0.3, 0.4) is 0 Å². The van der Waals surface area contributed by atoms with Gasteiger partial charge in [0.2, 0.25) is 0 Å². The van der Waals surface area contributed by atoms with Gasteiger partial charge in [-0.1, -0.05) is 6.07 Å². The Bertz CT molecular complexity index is 598. The molecule has 2 aliphatic rings. The molecule has 0 N–H and O–H groups in total. The zero-order valence-corrected chi connectivity index (χ0v) is 18.7. The average Bonchev–Trinajstić information content (AvgIpc) is 2.80. The molecule has 1 atom stereocenters. The highest BCUT2D eigenvalue weighted by Gasteiger charge is 2.24. The van der Waals surface area contributed by atoms with E-state index in [1.54, 1.807) is 7.11 Å². The van der Waals surface area contributed by atoms with Crippen molar-refractivity contribution < 1.29 is 33.2 Å². The SMILES string of the molecule is COc1ccc2c(c1)OCCC2CN1CCOCCOCCOCCOCCOCC1. The summed E-state index contributed by atoms with van der Waals surface area (Å²) in [4.78, 5) is 2.42. The fourth-order valence-corrected chi connectivity index (χ4v) is 3.74. The van der Waals surface area contributed by atoms with Crippen LogP contribution in [-0.4, -0.2) is 104 Å². The van der Waals surface area contributed by atoms with Crippen LogP contribution < -0.4 is 9.47 Å². The van der Waals surface area contributed by atoms with Crippen LogP contribution in [0.5, 0.6) is 11.5 Å². The lowest BCUT2D eigenvalue weighted by atomic mass is 9.92. The molecule has 0 amide bonds. The molecule has 1 aromatic carbocycles. The first-order chi connectivity index (χ1) is 15.4. The van der Waals surface area contributed by atoms with Crippen molar-refractivity contribution in [1.82, 2.24) is 4.90 Å². The van der Waals surface area contributed by atoms with Crippen LogP contribution >= 0.6 is 0 Å². The minimum absolute atomic E-state index is 0.416. The molecule has 0 aromatic heterocycles. The normalized spacial score (nSPS) is 23.7. The number of methoxy groups -OCH3 is 1. The molecule has 1 fully saturated rings. The number of hydrogen-bond acceptors (Lipinski definition) is 8. The summed E-state index contributed by atoms with van der Waals surface area (Å²) in [6, 6.07) is 6.13. The summed E-state index contributed by atoms with van der Waals surface area (Å²) in [5.41, 5.74) is 1.25. The Kier molecular flexibility index (Phi) is 11.4. The number of nitrogens with zero attached hydrogens (tertiary/aromatic N) is 1. The Labute approximate surface area is 185 Å². The predicted molar refractivity (Wildman–Crippen MR) is 116 cm³/mol. The number of benzene rings is 1. The molecule has 0 saturated carbocycles. The van der Waals surface area contributed by atoms with E-state index in [-0.39, 0.29) is 0 Å². The molecule has 1 saturated heterocycles. The molecule has 3 rings (SSSR count). The van der Waals surface area contributed by atoms with E-state index in [2.05, 4.69) is 11.0 Å². The van der Waals surface area contributed by atoms with Gasteiger partial charge in [-0.25, -0.2) is 0 Å². The lowest BCUT2D eigenvalue weighted by Crippen LogP contribution is -2.36. The number of hydrogen-bond donors (Lipinski definition) is 0. The van der Waals surface area contributed by atoms with Gasteiger partial charge in [-0.15, -0.1) is 0 Å². The zero-order valence-electron chi connectivity index (χ0n) is 18.7. The van der Waals surface area contributed by atoms with E-state index in [1.165, 1.54) is 5.56 Å². The first-order valence-electron chi connectivity index (χ1n) is 11.3. The molecule has 176 valence electrons. The van der Waals surface area contributed by atoms with Gasteiger partial charge in [-0.3, -0.25) is 4.90 Å². The van der Waals surface area contributed by atoms with Crippen molar-refractivity contribution in [2.75, 3.05) is 99.4 Å². The van der Waals surface area contributed by atoms with E-state index in [4.69, 9.17) is 33.2 Å². The van der Waals surface area contributed by atoms with Crippen LogP contribution in [0, 0.1) is 0 Å². The van der Waals surface area contributed by atoms with Crippen molar-refractivity contribution in [2.24, 2.45) is 0 Å². The fraction of sp³-hybridized carbons (Fsp3) is 0.739. The summed E-state index contributed by atoms with van der Waals surface area (Å²) < 4.78 is 39.3. The first kappa shape index (κ1) is 24.2. The van der Waals surface area contributed by atoms with Gasteiger partial charge in [-0.2, -0.15) is 0 Å². The van der Waals surface area contributed by atoms with Crippen LogP contribution in [0.1, 0.15) is 17.9 Å². The van der Waals surface area contributed by atoms with Crippen molar-refractivity contribution in [1.29, 1.82) is 0 Å². The molecule has 0 radical (unpaired) electrons. The molecular formula is C23H37NO7. The summed E-state index contributed by atoms with van der Waals surface area (Å²) in [6.07, 6.45) is 1.00. The van der Waals surface area contributed by atoms with Crippen LogP contribution in [0.15, 0.2) is 18.2 Å². The van der Waals surface area contributed by atoms with Gasteiger partial charge < -0.3 is 33.2 Å². The third kappa shape index (κ3) is 8.92. The second kappa shape index (κ2) is 14.6. The largest absolute Gasteiger partial charge is 0.497 e. The maximum atomic E-state index is 5.88. The Morgan fingerprint density at radius 1 is 0.774 bits per heavy atom. The quantitative estimate of drug-likeness (QED) is 0.708. The highest BCUT2D eigenvalue weighted by Crippen LogP contribution is 2.36. The van der Waals surface area contributed by atoms with E-state index in [0.29, 0.717) is 72.0 Å². The zero-order chi connectivity index (χ0) is 21.6. The predicted octanol–water partition coefficient (Wildman–Crippen LogP) is 1.96. The van der Waals surface area contributed by atoms with E-state index >= 15 is 0 Å². The second-order valence-electron chi connectivity index (χ2n) is 7.60. The van der Waals surface area contributed by atoms with Gasteiger partial charge >= 0.3 is 0 Å². The minimum atomic E-state index is 0.416. The molecule has 8 heteroatoms.